The number of aliphatic imine (C=N–C) groups is 1. The Morgan fingerprint density at radius 2 is 1.41 bits per heavy atom. The number of nitrogens with two attached hydrogens (primary N) is 1. The van der Waals surface area contributed by atoms with Crippen LogP contribution >= 0.6 is 0 Å². The SMILES string of the molecule is CCCN1C(=O)C(N)N=C(N2CCN(C)CC2)c2ccccc21.CCCn1c(=O)c(=NO)nc(N2CCN(C)CC2)c2ccccc21.O=C(O)C(F)(F)F. The maximum Gasteiger partial charge on any atom is 0.490 e. The average molecular weight is 759 g/mol. The Kier molecular flexibility index (Phi) is 14.5. The Balaban J connectivity index is 0.000000205. The monoisotopic (exact) mass is 758 g/mol. The molecule has 1 atom stereocenters. The highest BCUT2D eigenvalue weighted by molar-refractivity contribution is 6.11. The summed E-state index contributed by atoms with van der Waals surface area (Å²) in [4.78, 5) is 54.0. The summed E-state index contributed by atoms with van der Waals surface area (Å²) in [5.74, 6) is -1.32. The van der Waals surface area contributed by atoms with Gasteiger partial charge in [-0.3, -0.25) is 9.59 Å². The zero-order valence-electron chi connectivity index (χ0n) is 31.0. The smallest absolute Gasteiger partial charge is 0.475 e. The van der Waals surface area contributed by atoms with Crippen LogP contribution in [0, 0.1) is 0 Å². The van der Waals surface area contributed by atoms with Gasteiger partial charge in [0.05, 0.1) is 11.2 Å². The molecule has 0 radical (unpaired) electrons. The van der Waals surface area contributed by atoms with Crippen LogP contribution in [0.25, 0.3) is 10.9 Å². The molecule has 15 nitrogen and oxygen atoms in total. The van der Waals surface area contributed by atoms with E-state index in [2.05, 4.69) is 55.8 Å². The van der Waals surface area contributed by atoms with E-state index in [9.17, 15) is 28.0 Å². The fourth-order valence-corrected chi connectivity index (χ4v) is 6.26. The lowest BCUT2D eigenvalue weighted by atomic mass is 10.1. The number of hydrogen-bond donors (Lipinski definition) is 3. The number of para-hydroxylation sites is 2. The van der Waals surface area contributed by atoms with Gasteiger partial charge in [-0.25, -0.2) is 14.8 Å². The van der Waals surface area contributed by atoms with Gasteiger partial charge < -0.3 is 45.1 Å². The van der Waals surface area contributed by atoms with Crippen LogP contribution in [0.1, 0.15) is 32.3 Å². The van der Waals surface area contributed by atoms with Crippen molar-refractivity contribution in [2.45, 2.75) is 45.6 Å². The molecule has 0 saturated carbocycles. The second-order valence-electron chi connectivity index (χ2n) is 13.1. The number of carboxylic acids is 1. The van der Waals surface area contributed by atoms with Crippen molar-refractivity contribution in [2.75, 3.05) is 82.8 Å². The first-order valence-electron chi connectivity index (χ1n) is 17.8. The van der Waals surface area contributed by atoms with E-state index in [0.717, 1.165) is 93.2 Å². The number of piperazine rings is 2. The van der Waals surface area contributed by atoms with E-state index >= 15 is 0 Å². The molecule has 0 aliphatic carbocycles. The summed E-state index contributed by atoms with van der Waals surface area (Å²) in [5.41, 5.74) is 8.31. The summed E-state index contributed by atoms with van der Waals surface area (Å²) >= 11 is 0. The number of halogens is 3. The first-order chi connectivity index (χ1) is 25.7. The molecule has 0 spiro atoms. The van der Waals surface area contributed by atoms with Gasteiger partial charge >= 0.3 is 12.1 Å². The number of amidine groups is 1. The van der Waals surface area contributed by atoms with Gasteiger partial charge in [0.25, 0.3) is 17.0 Å². The molecule has 1 unspecified atom stereocenters. The highest BCUT2D eigenvalue weighted by Gasteiger charge is 2.38. The summed E-state index contributed by atoms with van der Waals surface area (Å²) in [5, 5.41) is 20.5. The largest absolute Gasteiger partial charge is 0.490 e. The molecule has 6 rings (SSSR count). The van der Waals surface area contributed by atoms with Crippen LogP contribution in [0.4, 0.5) is 24.7 Å². The van der Waals surface area contributed by atoms with Crippen molar-refractivity contribution >= 4 is 40.1 Å². The van der Waals surface area contributed by atoms with Crippen LogP contribution in [0.3, 0.4) is 0 Å². The van der Waals surface area contributed by atoms with Crippen molar-refractivity contribution < 1.29 is 33.1 Å². The fraction of sp³-hybridized carbons (Fsp3) is 0.500. The lowest BCUT2D eigenvalue weighted by Crippen LogP contribution is -2.48. The standard InChI is InChI=1S/C17H23N5O2.C17H25N5O.C2HF3O2/c1-3-8-22-14-7-5-4-6-13(14)16(18-15(19-24)17(22)23)21-11-9-20(2)10-12-21;1-3-8-22-14-7-5-4-6-13(14)16(19-15(18)17(22)23)21-11-9-20(2)10-12-21;3-2(4,5)1(6)7/h4-7,24H,3,8-12H2,1-2H3;4-7,15H,3,8-12,18H2,1-2H3;(H,6,7). The van der Waals surface area contributed by atoms with Crippen molar-refractivity contribution in [3.05, 3.63) is 69.9 Å². The van der Waals surface area contributed by atoms with Gasteiger partial charge in [0.2, 0.25) is 0 Å². The Morgan fingerprint density at radius 3 is 1.96 bits per heavy atom. The lowest BCUT2D eigenvalue weighted by Gasteiger charge is -2.35. The van der Waals surface area contributed by atoms with Crippen LogP contribution in [0.2, 0.25) is 0 Å². The predicted octanol–water partition coefficient (Wildman–Crippen LogP) is 2.20. The van der Waals surface area contributed by atoms with Gasteiger partial charge in [-0.1, -0.05) is 43.3 Å². The molecular weight excluding hydrogens is 709 g/mol. The summed E-state index contributed by atoms with van der Waals surface area (Å²) in [6.07, 6.45) is -4.22. The van der Waals surface area contributed by atoms with Crippen molar-refractivity contribution in [3.63, 3.8) is 0 Å². The van der Waals surface area contributed by atoms with Gasteiger partial charge in [0, 0.05) is 76.4 Å². The molecule has 4 heterocycles. The van der Waals surface area contributed by atoms with Gasteiger partial charge in [0.15, 0.2) is 6.17 Å². The molecule has 4 N–H and O–H groups in total. The van der Waals surface area contributed by atoms with Gasteiger partial charge in [-0.05, 0) is 51.2 Å². The van der Waals surface area contributed by atoms with Crippen LogP contribution in [-0.2, 0) is 16.1 Å². The number of anilines is 2. The van der Waals surface area contributed by atoms with E-state index in [1.165, 1.54) is 0 Å². The minimum absolute atomic E-state index is 0.122. The third-order valence-electron chi connectivity index (χ3n) is 9.14. The van der Waals surface area contributed by atoms with Gasteiger partial charge in [0.1, 0.15) is 11.7 Å². The van der Waals surface area contributed by atoms with Crippen molar-refractivity contribution in [1.29, 1.82) is 0 Å². The number of benzodiazepines with no additional fused rings is 1. The molecule has 2 aromatic carbocycles. The molecule has 294 valence electrons. The Bertz CT molecular complexity index is 1920. The number of likely N-dealkylation sites (N-methyl/N-ethyl adjacent to an activating group) is 2. The van der Waals surface area contributed by atoms with Crippen molar-refractivity contribution in [1.82, 2.24) is 24.3 Å². The number of alkyl halides is 3. The zero-order chi connectivity index (χ0) is 39.6. The Labute approximate surface area is 311 Å². The van der Waals surface area contributed by atoms with Crippen molar-refractivity contribution in [3.8, 4) is 0 Å². The maximum absolute atomic E-state index is 12.7. The molecule has 3 aliphatic heterocycles. The summed E-state index contributed by atoms with van der Waals surface area (Å²) in [6.45, 7) is 12.6. The van der Waals surface area contributed by atoms with Gasteiger partial charge in [-0.2, -0.15) is 13.2 Å². The minimum atomic E-state index is -5.08. The predicted molar refractivity (Wildman–Crippen MR) is 200 cm³/mol. The van der Waals surface area contributed by atoms with E-state index in [1.807, 2.05) is 55.5 Å². The van der Waals surface area contributed by atoms with Crippen molar-refractivity contribution in [2.24, 2.45) is 15.9 Å². The number of rotatable bonds is 5. The maximum atomic E-state index is 12.7. The van der Waals surface area contributed by atoms with E-state index in [1.54, 1.807) is 9.47 Å². The van der Waals surface area contributed by atoms with Gasteiger partial charge in [-0.15, -0.1) is 0 Å². The van der Waals surface area contributed by atoms with E-state index in [-0.39, 0.29) is 17.0 Å². The minimum Gasteiger partial charge on any atom is -0.475 e. The summed E-state index contributed by atoms with van der Waals surface area (Å²) in [7, 11) is 4.21. The molecule has 2 fully saturated rings. The molecule has 1 aromatic heterocycles. The third-order valence-corrected chi connectivity index (χ3v) is 9.14. The second kappa shape index (κ2) is 18.8. The average Bonchev–Trinajstić information content (AvgIpc) is 3.34. The molecule has 0 bridgehead atoms. The number of aryl methyl sites for hydroxylation is 1. The topological polar surface area (TPSA) is 176 Å². The second-order valence-corrected chi connectivity index (χ2v) is 13.1. The number of aromatic nitrogens is 2. The zero-order valence-corrected chi connectivity index (χ0v) is 31.0. The number of carbonyl (C=O) groups is 2. The van der Waals surface area contributed by atoms with Crippen LogP contribution in [-0.4, -0.2) is 138 Å². The number of aliphatic carboxylic acids is 1. The highest BCUT2D eigenvalue weighted by Crippen LogP contribution is 2.27. The number of nitrogens with zero attached hydrogens (tertiary/aromatic N) is 9. The number of hydrogen-bond acceptors (Lipinski definition) is 12. The normalized spacial score (nSPS) is 18.6. The number of fused-ring (bicyclic) bond motifs is 2. The first kappa shape index (κ1) is 41.7. The Morgan fingerprint density at radius 1 is 0.870 bits per heavy atom. The highest BCUT2D eigenvalue weighted by atomic mass is 19.4. The van der Waals surface area contributed by atoms with Crippen LogP contribution in [0.5, 0.6) is 0 Å². The molecule has 3 aromatic rings. The molecule has 18 heteroatoms. The molecule has 1 amide bonds. The molecule has 3 aliphatic rings. The first-order valence-corrected chi connectivity index (χ1v) is 17.8. The lowest BCUT2D eigenvalue weighted by molar-refractivity contribution is -0.192. The van der Waals surface area contributed by atoms with E-state index in [0.29, 0.717) is 18.9 Å². The number of carbonyl (C=O) groups excluding carboxylic acids is 1. The Hall–Kier alpha value is -5.07. The summed E-state index contributed by atoms with van der Waals surface area (Å²) in [6, 6.07) is 15.8. The number of carboxylic acid groups (broad SMARTS) is 1. The van der Waals surface area contributed by atoms with Crippen LogP contribution in [0.15, 0.2) is 63.5 Å². The third kappa shape index (κ3) is 10.1. The molecular formula is C36H49F3N10O5. The van der Waals surface area contributed by atoms with Crippen LogP contribution < -0.4 is 26.6 Å². The summed E-state index contributed by atoms with van der Waals surface area (Å²) < 4.78 is 33.4. The molecule has 2 saturated heterocycles. The number of amides is 1. The molecule has 54 heavy (non-hydrogen) atoms. The van der Waals surface area contributed by atoms with E-state index < -0.39 is 18.3 Å². The quantitative estimate of drug-likeness (QED) is 0.257. The fourth-order valence-electron chi connectivity index (χ4n) is 6.26. The number of benzene rings is 2. The van der Waals surface area contributed by atoms with E-state index in [4.69, 9.17) is 15.6 Å².